The number of ether oxygens (including phenoxy) is 1. The molecule has 14 heavy (non-hydrogen) atoms. The van der Waals surface area contributed by atoms with Crippen LogP contribution in [0.2, 0.25) is 0 Å². The van der Waals surface area contributed by atoms with Crippen LogP contribution in [0.4, 0.5) is 0 Å². The maximum Gasteiger partial charge on any atom is 0.0969 e. The van der Waals surface area contributed by atoms with Gasteiger partial charge in [-0.25, -0.2) is 0 Å². The molecule has 0 saturated heterocycles. The minimum absolute atomic E-state index is 0.547. The van der Waals surface area contributed by atoms with Gasteiger partial charge in [-0.3, -0.25) is 4.99 Å². The monoisotopic (exact) mass is 198 g/mol. The molecule has 3 heteroatoms. The summed E-state index contributed by atoms with van der Waals surface area (Å²) in [6.07, 6.45) is 6.44. The number of nitrogens with two attached hydrogens (primary N) is 1. The molecule has 1 aliphatic carbocycles. The highest BCUT2D eigenvalue weighted by atomic mass is 16.5. The lowest BCUT2D eigenvalue weighted by Crippen LogP contribution is -2.26. The van der Waals surface area contributed by atoms with Gasteiger partial charge in [-0.05, 0) is 19.8 Å². The molecule has 0 aliphatic heterocycles. The molecule has 0 aromatic heterocycles. The lowest BCUT2D eigenvalue weighted by atomic mass is 9.88. The van der Waals surface area contributed by atoms with Crippen LogP contribution in [0.5, 0.6) is 0 Å². The molecule has 0 radical (unpaired) electrons. The van der Waals surface area contributed by atoms with Crippen LogP contribution in [0.3, 0.4) is 0 Å². The van der Waals surface area contributed by atoms with Crippen molar-refractivity contribution in [3.8, 4) is 0 Å². The molecule has 1 rings (SSSR count). The van der Waals surface area contributed by atoms with E-state index in [1.165, 1.54) is 32.1 Å². The molecule has 1 saturated carbocycles. The van der Waals surface area contributed by atoms with Crippen LogP contribution in [-0.2, 0) is 4.74 Å². The second-order valence-corrected chi connectivity index (χ2v) is 3.84. The quantitative estimate of drug-likeness (QED) is 0.417. The van der Waals surface area contributed by atoms with Crippen LogP contribution in [0.25, 0.3) is 0 Å². The first kappa shape index (κ1) is 11.5. The van der Waals surface area contributed by atoms with Gasteiger partial charge in [0, 0.05) is 12.5 Å². The summed E-state index contributed by atoms with van der Waals surface area (Å²) in [5, 5.41) is 0. The molecular formula is C11H22N2O. The number of hydrogen-bond donors (Lipinski definition) is 1. The van der Waals surface area contributed by atoms with Crippen molar-refractivity contribution in [1.82, 2.24) is 0 Å². The van der Waals surface area contributed by atoms with E-state index in [2.05, 4.69) is 4.99 Å². The highest BCUT2D eigenvalue weighted by Gasteiger charge is 2.16. The van der Waals surface area contributed by atoms with Gasteiger partial charge in [0.15, 0.2) is 0 Å². The van der Waals surface area contributed by atoms with Crippen molar-refractivity contribution < 1.29 is 4.74 Å². The molecule has 3 nitrogen and oxygen atoms in total. The minimum atomic E-state index is 0.547. The van der Waals surface area contributed by atoms with E-state index < -0.39 is 0 Å². The van der Waals surface area contributed by atoms with Crippen molar-refractivity contribution in [1.29, 1.82) is 0 Å². The number of aliphatic imine (C=N–C) groups is 1. The molecule has 0 bridgehead atoms. The number of amidine groups is 1. The predicted octanol–water partition coefficient (Wildman–Crippen LogP) is 1.96. The van der Waals surface area contributed by atoms with Crippen molar-refractivity contribution in [2.24, 2.45) is 16.6 Å². The summed E-state index contributed by atoms with van der Waals surface area (Å²) >= 11 is 0. The highest BCUT2D eigenvalue weighted by molar-refractivity contribution is 5.82. The average Bonchev–Trinajstić information content (AvgIpc) is 2.25. The maximum atomic E-state index is 5.93. The molecular weight excluding hydrogens is 176 g/mol. The van der Waals surface area contributed by atoms with E-state index >= 15 is 0 Å². The van der Waals surface area contributed by atoms with Gasteiger partial charge in [-0.15, -0.1) is 0 Å². The van der Waals surface area contributed by atoms with Gasteiger partial charge >= 0.3 is 0 Å². The summed E-state index contributed by atoms with van der Waals surface area (Å²) in [5.41, 5.74) is 5.93. The summed E-state index contributed by atoms with van der Waals surface area (Å²) in [7, 11) is 0. The van der Waals surface area contributed by atoms with Gasteiger partial charge in [0.2, 0.25) is 0 Å². The van der Waals surface area contributed by atoms with E-state index in [9.17, 15) is 0 Å². The Morgan fingerprint density at radius 3 is 2.71 bits per heavy atom. The predicted molar refractivity (Wildman–Crippen MR) is 59.6 cm³/mol. The van der Waals surface area contributed by atoms with Gasteiger partial charge in [0.1, 0.15) is 0 Å². The first-order valence-corrected chi connectivity index (χ1v) is 5.72. The Balaban J connectivity index is 2.20. The SMILES string of the molecule is CCOCCN=C(N)C1CCCCC1. The molecule has 0 aromatic rings. The molecule has 82 valence electrons. The average molecular weight is 198 g/mol. The fourth-order valence-electron chi connectivity index (χ4n) is 1.91. The zero-order chi connectivity index (χ0) is 10.2. The minimum Gasteiger partial charge on any atom is -0.387 e. The van der Waals surface area contributed by atoms with Gasteiger partial charge in [-0.1, -0.05) is 19.3 Å². The van der Waals surface area contributed by atoms with E-state index in [1.54, 1.807) is 0 Å². The summed E-state index contributed by atoms with van der Waals surface area (Å²) < 4.78 is 5.21. The van der Waals surface area contributed by atoms with Crippen molar-refractivity contribution in [2.75, 3.05) is 19.8 Å². The van der Waals surface area contributed by atoms with Crippen molar-refractivity contribution in [3.63, 3.8) is 0 Å². The van der Waals surface area contributed by atoms with Crippen LogP contribution in [0, 0.1) is 5.92 Å². The number of rotatable bonds is 5. The Morgan fingerprint density at radius 2 is 2.07 bits per heavy atom. The Labute approximate surface area is 86.7 Å². The zero-order valence-corrected chi connectivity index (χ0v) is 9.17. The first-order chi connectivity index (χ1) is 6.84. The van der Waals surface area contributed by atoms with Crippen molar-refractivity contribution in [2.45, 2.75) is 39.0 Å². The first-order valence-electron chi connectivity index (χ1n) is 5.72. The molecule has 2 N–H and O–H groups in total. The van der Waals surface area contributed by atoms with E-state index in [0.29, 0.717) is 12.5 Å². The third-order valence-corrected chi connectivity index (χ3v) is 2.76. The Bertz CT molecular complexity index is 174. The molecule has 0 unspecified atom stereocenters. The fraction of sp³-hybridized carbons (Fsp3) is 0.909. The molecule has 0 amide bonds. The molecule has 1 aliphatic rings. The number of nitrogens with zero attached hydrogens (tertiary/aromatic N) is 1. The Hall–Kier alpha value is -0.570. The zero-order valence-electron chi connectivity index (χ0n) is 9.17. The van der Waals surface area contributed by atoms with Crippen LogP contribution in [0.15, 0.2) is 4.99 Å². The molecule has 0 aromatic carbocycles. The standard InChI is InChI=1S/C11H22N2O/c1-2-14-9-8-13-11(12)10-6-4-3-5-7-10/h10H,2-9H2,1H3,(H2,12,13). The summed E-state index contributed by atoms with van der Waals surface area (Å²) in [5.74, 6) is 1.40. The lowest BCUT2D eigenvalue weighted by molar-refractivity contribution is 0.155. The third kappa shape index (κ3) is 4.09. The van der Waals surface area contributed by atoms with E-state index in [-0.39, 0.29) is 0 Å². The summed E-state index contributed by atoms with van der Waals surface area (Å²) in [6, 6.07) is 0. The van der Waals surface area contributed by atoms with Gasteiger partial charge in [0.25, 0.3) is 0 Å². The highest BCUT2D eigenvalue weighted by Crippen LogP contribution is 2.23. The molecule has 0 atom stereocenters. The van der Waals surface area contributed by atoms with E-state index in [1.807, 2.05) is 6.92 Å². The van der Waals surface area contributed by atoms with Crippen molar-refractivity contribution >= 4 is 5.84 Å². The smallest absolute Gasteiger partial charge is 0.0969 e. The van der Waals surface area contributed by atoms with E-state index in [4.69, 9.17) is 10.5 Å². The normalized spacial score (nSPS) is 19.9. The fourth-order valence-corrected chi connectivity index (χ4v) is 1.91. The number of hydrogen-bond acceptors (Lipinski definition) is 2. The van der Waals surface area contributed by atoms with Gasteiger partial charge in [0.05, 0.1) is 19.0 Å². The second-order valence-electron chi connectivity index (χ2n) is 3.84. The van der Waals surface area contributed by atoms with Crippen LogP contribution in [-0.4, -0.2) is 25.6 Å². The second kappa shape index (κ2) is 6.82. The topological polar surface area (TPSA) is 47.6 Å². The van der Waals surface area contributed by atoms with Crippen LogP contribution < -0.4 is 5.73 Å². The largest absolute Gasteiger partial charge is 0.387 e. The molecule has 1 fully saturated rings. The summed E-state index contributed by atoms with van der Waals surface area (Å²) in [4.78, 5) is 4.35. The molecule has 0 spiro atoms. The van der Waals surface area contributed by atoms with Crippen LogP contribution in [0.1, 0.15) is 39.0 Å². The van der Waals surface area contributed by atoms with Gasteiger partial charge in [-0.2, -0.15) is 0 Å². The molecule has 0 heterocycles. The Kier molecular flexibility index (Phi) is 5.60. The van der Waals surface area contributed by atoms with Crippen molar-refractivity contribution in [3.05, 3.63) is 0 Å². The third-order valence-electron chi connectivity index (χ3n) is 2.76. The maximum absolute atomic E-state index is 5.93. The lowest BCUT2D eigenvalue weighted by Gasteiger charge is -2.20. The summed E-state index contributed by atoms with van der Waals surface area (Å²) in [6.45, 7) is 4.17. The van der Waals surface area contributed by atoms with Gasteiger partial charge < -0.3 is 10.5 Å². The van der Waals surface area contributed by atoms with E-state index in [0.717, 1.165) is 19.0 Å². The van der Waals surface area contributed by atoms with Crippen LogP contribution >= 0.6 is 0 Å². The Morgan fingerprint density at radius 1 is 1.36 bits per heavy atom.